The van der Waals surface area contributed by atoms with Crippen molar-refractivity contribution in [1.82, 2.24) is 0 Å². The van der Waals surface area contributed by atoms with Crippen LogP contribution in [0.1, 0.15) is 56.9 Å². The van der Waals surface area contributed by atoms with Crippen molar-refractivity contribution in [2.24, 2.45) is 5.92 Å². The lowest BCUT2D eigenvalue weighted by molar-refractivity contribution is -0.116. The maximum atomic E-state index is 11.9. The van der Waals surface area contributed by atoms with Crippen molar-refractivity contribution in [3.05, 3.63) is 29.8 Å². The highest BCUT2D eigenvalue weighted by molar-refractivity contribution is 5.90. The highest BCUT2D eigenvalue weighted by atomic mass is 16.1. The fraction of sp³-hybridized carbons (Fsp3) is 0.529. The van der Waals surface area contributed by atoms with Gasteiger partial charge in [0.2, 0.25) is 5.91 Å². The summed E-state index contributed by atoms with van der Waals surface area (Å²) in [5.74, 6) is 0.884. The number of nitriles is 1. The number of rotatable bonds is 5. The van der Waals surface area contributed by atoms with Crippen molar-refractivity contribution in [1.29, 1.82) is 5.26 Å². The van der Waals surface area contributed by atoms with E-state index in [1.165, 1.54) is 38.5 Å². The van der Waals surface area contributed by atoms with E-state index in [1.54, 1.807) is 18.2 Å². The molecule has 1 amide bonds. The number of hydrogen-bond acceptors (Lipinski definition) is 2. The molecule has 1 aliphatic carbocycles. The van der Waals surface area contributed by atoms with Crippen molar-refractivity contribution >= 4 is 11.6 Å². The summed E-state index contributed by atoms with van der Waals surface area (Å²) in [7, 11) is 0. The quantitative estimate of drug-likeness (QED) is 0.869. The normalized spacial score (nSPS) is 15.6. The van der Waals surface area contributed by atoms with Gasteiger partial charge in [0.05, 0.1) is 11.6 Å². The molecule has 0 unspecified atom stereocenters. The first-order valence-electron chi connectivity index (χ1n) is 7.58. The molecule has 0 aliphatic heterocycles. The zero-order valence-electron chi connectivity index (χ0n) is 11.9. The minimum atomic E-state index is 0.0518. The van der Waals surface area contributed by atoms with Crippen LogP contribution in [-0.2, 0) is 4.79 Å². The van der Waals surface area contributed by atoms with E-state index in [0.29, 0.717) is 17.7 Å². The van der Waals surface area contributed by atoms with Crippen LogP contribution in [0.15, 0.2) is 24.3 Å². The summed E-state index contributed by atoms with van der Waals surface area (Å²) in [6.07, 6.45) is 9.49. The minimum absolute atomic E-state index is 0.0518. The topological polar surface area (TPSA) is 52.9 Å². The molecule has 0 saturated heterocycles. The Morgan fingerprint density at radius 3 is 2.85 bits per heavy atom. The summed E-state index contributed by atoms with van der Waals surface area (Å²) in [5, 5.41) is 11.7. The van der Waals surface area contributed by atoms with Gasteiger partial charge in [-0.15, -0.1) is 0 Å². The molecule has 1 aromatic rings. The van der Waals surface area contributed by atoms with E-state index >= 15 is 0 Å². The first-order chi connectivity index (χ1) is 9.78. The molecule has 106 valence electrons. The second-order valence-corrected chi connectivity index (χ2v) is 5.64. The van der Waals surface area contributed by atoms with Gasteiger partial charge < -0.3 is 5.32 Å². The van der Waals surface area contributed by atoms with Crippen molar-refractivity contribution in [2.75, 3.05) is 5.32 Å². The predicted octanol–water partition coefficient (Wildman–Crippen LogP) is 4.25. The van der Waals surface area contributed by atoms with Crippen LogP contribution in [0.25, 0.3) is 0 Å². The van der Waals surface area contributed by atoms with Crippen LogP contribution in [-0.4, -0.2) is 5.91 Å². The van der Waals surface area contributed by atoms with Crippen LogP contribution in [0.2, 0.25) is 0 Å². The number of amides is 1. The number of hydrogen-bond donors (Lipinski definition) is 1. The molecule has 3 heteroatoms. The largest absolute Gasteiger partial charge is 0.326 e. The molecule has 0 heterocycles. The SMILES string of the molecule is N#Cc1cccc(NC(=O)CCCC2CCCCC2)c1. The molecule has 20 heavy (non-hydrogen) atoms. The van der Waals surface area contributed by atoms with E-state index < -0.39 is 0 Å². The van der Waals surface area contributed by atoms with Gasteiger partial charge in [-0.3, -0.25) is 4.79 Å². The third-order valence-corrected chi connectivity index (χ3v) is 4.02. The standard InChI is InChI=1S/C17H22N2O/c18-13-15-9-4-10-16(12-15)19-17(20)11-5-8-14-6-2-1-3-7-14/h4,9-10,12,14H,1-3,5-8,11H2,(H,19,20). The van der Waals surface area contributed by atoms with Crippen LogP contribution in [0.5, 0.6) is 0 Å². The lowest BCUT2D eigenvalue weighted by Crippen LogP contribution is -2.12. The van der Waals surface area contributed by atoms with Gasteiger partial charge in [0, 0.05) is 12.1 Å². The molecular weight excluding hydrogens is 248 g/mol. The average molecular weight is 270 g/mol. The molecule has 1 saturated carbocycles. The molecule has 0 bridgehead atoms. The second-order valence-electron chi connectivity index (χ2n) is 5.64. The summed E-state index contributed by atoms with van der Waals surface area (Å²) in [6.45, 7) is 0. The number of nitrogens with one attached hydrogen (secondary N) is 1. The number of carbonyl (C=O) groups excluding carboxylic acids is 1. The van der Waals surface area contributed by atoms with E-state index in [1.807, 2.05) is 6.07 Å². The van der Waals surface area contributed by atoms with Gasteiger partial charge in [-0.1, -0.05) is 38.2 Å². The molecule has 0 atom stereocenters. The van der Waals surface area contributed by atoms with Crippen molar-refractivity contribution in [3.8, 4) is 6.07 Å². The van der Waals surface area contributed by atoms with E-state index in [4.69, 9.17) is 5.26 Å². The van der Waals surface area contributed by atoms with Gasteiger partial charge in [0.25, 0.3) is 0 Å². The monoisotopic (exact) mass is 270 g/mol. The molecule has 3 nitrogen and oxygen atoms in total. The Hall–Kier alpha value is -1.82. The van der Waals surface area contributed by atoms with E-state index in [0.717, 1.165) is 12.3 Å². The first-order valence-corrected chi connectivity index (χ1v) is 7.58. The molecular formula is C17H22N2O. The number of nitrogens with zero attached hydrogens (tertiary/aromatic N) is 1. The highest BCUT2D eigenvalue weighted by Crippen LogP contribution is 2.27. The minimum Gasteiger partial charge on any atom is -0.326 e. The van der Waals surface area contributed by atoms with Gasteiger partial charge in [0.15, 0.2) is 0 Å². The highest BCUT2D eigenvalue weighted by Gasteiger charge is 2.13. The fourth-order valence-electron chi connectivity index (χ4n) is 2.92. The van der Waals surface area contributed by atoms with Crippen LogP contribution in [0, 0.1) is 17.2 Å². The van der Waals surface area contributed by atoms with Crippen molar-refractivity contribution in [2.45, 2.75) is 51.4 Å². The third kappa shape index (κ3) is 4.70. The molecule has 0 radical (unpaired) electrons. The van der Waals surface area contributed by atoms with E-state index in [2.05, 4.69) is 11.4 Å². The Morgan fingerprint density at radius 2 is 2.10 bits per heavy atom. The zero-order valence-corrected chi connectivity index (χ0v) is 11.9. The molecule has 1 aromatic carbocycles. The van der Waals surface area contributed by atoms with Crippen molar-refractivity contribution in [3.63, 3.8) is 0 Å². The molecule has 0 spiro atoms. The number of anilines is 1. The Kier molecular flexibility index (Phi) is 5.61. The van der Waals surface area contributed by atoms with Crippen LogP contribution in [0.4, 0.5) is 5.69 Å². The van der Waals surface area contributed by atoms with Gasteiger partial charge in [-0.2, -0.15) is 5.26 Å². The number of carbonyl (C=O) groups is 1. The average Bonchev–Trinajstić information content (AvgIpc) is 2.48. The Balaban J connectivity index is 1.70. The first kappa shape index (κ1) is 14.6. The maximum Gasteiger partial charge on any atom is 0.224 e. The lowest BCUT2D eigenvalue weighted by atomic mass is 9.86. The third-order valence-electron chi connectivity index (χ3n) is 4.02. The molecule has 1 aliphatic rings. The summed E-state index contributed by atoms with van der Waals surface area (Å²) in [6, 6.07) is 9.12. The van der Waals surface area contributed by atoms with Crippen LogP contribution in [0.3, 0.4) is 0 Å². The summed E-state index contributed by atoms with van der Waals surface area (Å²) < 4.78 is 0. The summed E-state index contributed by atoms with van der Waals surface area (Å²) >= 11 is 0. The van der Waals surface area contributed by atoms with Crippen LogP contribution < -0.4 is 5.32 Å². The smallest absolute Gasteiger partial charge is 0.224 e. The predicted molar refractivity (Wildman–Crippen MR) is 80.2 cm³/mol. The van der Waals surface area contributed by atoms with Gasteiger partial charge >= 0.3 is 0 Å². The van der Waals surface area contributed by atoms with E-state index in [9.17, 15) is 4.79 Å². The van der Waals surface area contributed by atoms with Gasteiger partial charge in [-0.05, 0) is 37.0 Å². The molecule has 1 fully saturated rings. The Labute approximate surface area is 121 Å². The van der Waals surface area contributed by atoms with Gasteiger partial charge in [0.1, 0.15) is 0 Å². The van der Waals surface area contributed by atoms with Crippen LogP contribution >= 0.6 is 0 Å². The molecule has 0 aromatic heterocycles. The lowest BCUT2D eigenvalue weighted by Gasteiger charge is -2.21. The van der Waals surface area contributed by atoms with Gasteiger partial charge in [-0.25, -0.2) is 0 Å². The second kappa shape index (κ2) is 7.69. The van der Waals surface area contributed by atoms with Crippen molar-refractivity contribution < 1.29 is 4.79 Å². The zero-order chi connectivity index (χ0) is 14.2. The Morgan fingerprint density at radius 1 is 1.30 bits per heavy atom. The fourth-order valence-corrected chi connectivity index (χ4v) is 2.92. The Bertz CT molecular complexity index is 484. The summed E-state index contributed by atoms with van der Waals surface area (Å²) in [5.41, 5.74) is 1.29. The molecule has 2 rings (SSSR count). The molecule has 1 N–H and O–H groups in total. The maximum absolute atomic E-state index is 11.9. The summed E-state index contributed by atoms with van der Waals surface area (Å²) in [4.78, 5) is 11.9. The number of benzene rings is 1. The van der Waals surface area contributed by atoms with E-state index in [-0.39, 0.29) is 5.91 Å².